The fourth-order valence-electron chi connectivity index (χ4n) is 2.41. The molecule has 0 aromatic carbocycles. The van der Waals surface area contributed by atoms with Crippen LogP contribution in [0.4, 0.5) is 0 Å². The van der Waals surface area contributed by atoms with E-state index in [1.165, 1.54) is 12.2 Å². The summed E-state index contributed by atoms with van der Waals surface area (Å²) < 4.78 is 0.179. The highest BCUT2D eigenvalue weighted by atomic mass is 35.5. The summed E-state index contributed by atoms with van der Waals surface area (Å²) in [5.74, 6) is 1.13. The van der Waals surface area contributed by atoms with Crippen LogP contribution in [0.5, 0.6) is 0 Å². The Kier molecular flexibility index (Phi) is 5.33. The molecule has 2 rings (SSSR count). The maximum Gasteiger partial charge on any atom is 0.251 e. The van der Waals surface area contributed by atoms with Gasteiger partial charge in [0.05, 0.1) is 0 Å². The van der Waals surface area contributed by atoms with Crippen molar-refractivity contribution in [2.24, 2.45) is 0 Å². The predicted molar refractivity (Wildman–Crippen MR) is 85.7 cm³/mol. The van der Waals surface area contributed by atoms with Gasteiger partial charge in [-0.15, -0.1) is 0 Å². The van der Waals surface area contributed by atoms with E-state index in [1.54, 1.807) is 6.07 Å². The van der Waals surface area contributed by atoms with Gasteiger partial charge in [0.1, 0.15) is 5.15 Å². The predicted octanol–water partition coefficient (Wildman–Crippen LogP) is 3.70. The highest BCUT2D eigenvalue weighted by Gasteiger charge is 2.29. The van der Waals surface area contributed by atoms with E-state index < -0.39 is 0 Å². The quantitative estimate of drug-likeness (QED) is 0.843. The first-order valence-electron chi connectivity index (χ1n) is 7.11. The van der Waals surface area contributed by atoms with E-state index in [2.05, 4.69) is 24.1 Å². The van der Waals surface area contributed by atoms with Crippen LogP contribution in [0.3, 0.4) is 0 Å². The average molecular weight is 313 g/mol. The van der Waals surface area contributed by atoms with Crippen LogP contribution in [0, 0.1) is 0 Å². The number of halogens is 1. The first-order valence-corrected chi connectivity index (χ1v) is 8.47. The zero-order valence-electron chi connectivity index (χ0n) is 12.0. The molecular formula is C15H21ClN2OS. The molecule has 0 aliphatic carbocycles. The highest BCUT2D eigenvalue weighted by molar-refractivity contribution is 8.00. The van der Waals surface area contributed by atoms with Crippen molar-refractivity contribution in [1.29, 1.82) is 0 Å². The number of carbonyl (C=O) groups excluding carboxylic acids is 1. The first-order chi connectivity index (χ1) is 9.52. The van der Waals surface area contributed by atoms with Crippen LogP contribution in [-0.2, 0) is 6.42 Å². The lowest BCUT2D eigenvalue weighted by Gasteiger charge is -2.22. The molecule has 0 spiro atoms. The molecule has 1 aromatic rings. The van der Waals surface area contributed by atoms with Crippen molar-refractivity contribution in [2.75, 3.05) is 12.3 Å². The molecule has 1 amide bonds. The standard InChI is InChI=1S/C15H21ClN2OS/c1-3-5-12-8-11(9-13(16)18-12)14(19)17-10-15(2)6-4-7-20-15/h8-9H,3-7,10H2,1-2H3,(H,17,19). The Morgan fingerprint density at radius 3 is 3.00 bits per heavy atom. The van der Waals surface area contributed by atoms with Crippen molar-refractivity contribution in [3.8, 4) is 0 Å². The van der Waals surface area contributed by atoms with E-state index in [0.717, 1.165) is 25.0 Å². The van der Waals surface area contributed by atoms with Gasteiger partial charge in [-0.05, 0) is 44.1 Å². The Morgan fingerprint density at radius 1 is 1.55 bits per heavy atom. The van der Waals surface area contributed by atoms with Crippen molar-refractivity contribution < 1.29 is 4.79 Å². The van der Waals surface area contributed by atoms with Gasteiger partial charge in [0.15, 0.2) is 0 Å². The lowest BCUT2D eigenvalue weighted by Crippen LogP contribution is -2.36. The number of aryl methyl sites for hydroxylation is 1. The summed E-state index contributed by atoms with van der Waals surface area (Å²) in [6.45, 7) is 5.01. The fraction of sp³-hybridized carbons (Fsp3) is 0.600. The zero-order valence-corrected chi connectivity index (χ0v) is 13.6. The second-order valence-corrected chi connectivity index (χ2v) is 7.57. The van der Waals surface area contributed by atoms with Gasteiger partial charge >= 0.3 is 0 Å². The molecule has 0 radical (unpaired) electrons. The SMILES string of the molecule is CCCc1cc(C(=O)NCC2(C)CCCS2)cc(Cl)n1. The summed E-state index contributed by atoms with van der Waals surface area (Å²) in [6.07, 6.45) is 4.23. The second-order valence-electron chi connectivity index (χ2n) is 5.50. The second kappa shape index (κ2) is 6.81. The minimum absolute atomic E-state index is 0.0552. The maximum atomic E-state index is 12.2. The number of nitrogens with zero attached hydrogens (tertiary/aromatic N) is 1. The first kappa shape index (κ1) is 15.6. The Labute approximate surface area is 129 Å². The number of aromatic nitrogens is 1. The van der Waals surface area contributed by atoms with Crippen molar-refractivity contribution in [2.45, 2.75) is 44.3 Å². The normalized spacial score (nSPS) is 21.9. The van der Waals surface area contributed by atoms with Crippen LogP contribution in [0.25, 0.3) is 0 Å². The Bertz CT molecular complexity index is 487. The Balaban J connectivity index is 2.01. The zero-order chi connectivity index (χ0) is 14.6. The van der Waals surface area contributed by atoms with E-state index in [9.17, 15) is 4.79 Å². The average Bonchev–Trinajstić information content (AvgIpc) is 2.83. The summed E-state index contributed by atoms with van der Waals surface area (Å²) in [5.41, 5.74) is 1.49. The number of hydrogen-bond acceptors (Lipinski definition) is 3. The minimum Gasteiger partial charge on any atom is -0.351 e. The number of amides is 1. The third-order valence-electron chi connectivity index (χ3n) is 3.54. The van der Waals surface area contributed by atoms with Crippen LogP contribution in [0.15, 0.2) is 12.1 Å². The molecule has 1 N–H and O–H groups in total. The molecule has 1 unspecified atom stereocenters. The van der Waals surface area contributed by atoms with Crippen molar-refractivity contribution in [1.82, 2.24) is 10.3 Å². The molecule has 2 heterocycles. The third-order valence-corrected chi connectivity index (χ3v) is 5.27. The number of nitrogens with one attached hydrogen (secondary N) is 1. The molecule has 0 saturated carbocycles. The number of rotatable bonds is 5. The molecule has 0 bridgehead atoms. The molecule has 1 fully saturated rings. The molecule has 1 saturated heterocycles. The lowest BCUT2D eigenvalue weighted by atomic mass is 10.1. The molecule has 1 aromatic heterocycles. The van der Waals surface area contributed by atoms with E-state index in [0.29, 0.717) is 17.3 Å². The lowest BCUT2D eigenvalue weighted by molar-refractivity contribution is 0.0949. The summed E-state index contributed by atoms with van der Waals surface area (Å²) in [4.78, 5) is 16.5. The van der Waals surface area contributed by atoms with Crippen molar-refractivity contribution >= 4 is 29.3 Å². The highest BCUT2D eigenvalue weighted by Crippen LogP contribution is 2.36. The van der Waals surface area contributed by atoms with E-state index in [1.807, 2.05) is 17.8 Å². The van der Waals surface area contributed by atoms with Crippen LogP contribution in [0.1, 0.15) is 49.2 Å². The Hall–Kier alpha value is -0.740. The van der Waals surface area contributed by atoms with Crippen molar-refractivity contribution in [3.63, 3.8) is 0 Å². The van der Waals surface area contributed by atoms with Crippen LogP contribution < -0.4 is 5.32 Å². The number of pyridine rings is 1. The molecular weight excluding hydrogens is 292 g/mol. The smallest absolute Gasteiger partial charge is 0.251 e. The van der Waals surface area contributed by atoms with Gasteiger partial charge < -0.3 is 5.32 Å². The largest absolute Gasteiger partial charge is 0.351 e. The fourth-order valence-corrected chi connectivity index (χ4v) is 3.88. The van der Waals surface area contributed by atoms with Gasteiger partial charge in [0, 0.05) is 22.5 Å². The minimum atomic E-state index is -0.0552. The Morgan fingerprint density at radius 2 is 2.35 bits per heavy atom. The summed E-state index contributed by atoms with van der Waals surface area (Å²) in [6, 6.07) is 3.48. The molecule has 5 heteroatoms. The molecule has 1 atom stereocenters. The molecule has 1 aliphatic rings. The molecule has 110 valence electrons. The van der Waals surface area contributed by atoms with Crippen LogP contribution in [-0.4, -0.2) is 27.9 Å². The van der Waals surface area contributed by atoms with Gasteiger partial charge in [-0.2, -0.15) is 11.8 Å². The van der Waals surface area contributed by atoms with Gasteiger partial charge in [0.25, 0.3) is 5.91 Å². The number of hydrogen-bond donors (Lipinski definition) is 1. The number of thioether (sulfide) groups is 1. The van der Waals surface area contributed by atoms with E-state index in [-0.39, 0.29) is 10.7 Å². The van der Waals surface area contributed by atoms with E-state index >= 15 is 0 Å². The molecule has 1 aliphatic heterocycles. The topological polar surface area (TPSA) is 42.0 Å². The summed E-state index contributed by atoms with van der Waals surface area (Å²) >= 11 is 7.93. The summed E-state index contributed by atoms with van der Waals surface area (Å²) in [5, 5.41) is 3.42. The number of carbonyl (C=O) groups is 1. The van der Waals surface area contributed by atoms with Crippen molar-refractivity contribution in [3.05, 3.63) is 28.5 Å². The molecule has 20 heavy (non-hydrogen) atoms. The van der Waals surface area contributed by atoms with Gasteiger partial charge in [-0.25, -0.2) is 4.98 Å². The van der Waals surface area contributed by atoms with E-state index in [4.69, 9.17) is 11.6 Å². The summed E-state index contributed by atoms with van der Waals surface area (Å²) in [7, 11) is 0. The third kappa shape index (κ3) is 4.13. The monoisotopic (exact) mass is 312 g/mol. The molecule has 3 nitrogen and oxygen atoms in total. The maximum absolute atomic E-state index is 12.2. The van der Waals surface area contributed by atoms with Gasteiger partial charge in [0.2, 0.25) is 0 Å². The van der Waals surface area contributed by atoms with Gasteiger partial charge in [-0.3, -0.25) is 4.79 Å². The van der Waals surface area contributed by atoms with Crippen LogP contribution in [0.2, 0.25) is 5.15 Å². The van der Waals surface area contributed by atoms with Gasteiger partial charge in [-0.1, -0.05) is 24.9 Å². The van der Waals surface area contributed by atoms with Crippen LogP contribution >= 0.6 is 23.4 Å².